The number of fused-ring (bicyclic) bond motifs is 18. The van der Waals surface area contributed by atoms with Crippen LogP contribution in [0.2, 0.25) is 0 Å². The number of alkyl halides is 3. The second kappa shape index (κ2) is 15.4. The second-order valence-corrected chi connectivity index (χ2v) is 19.6. The maximum Gasteiger partial charge on any atom is 0.416 e. The molecule has 16 rings (SSSR count). The number of aromatic nitrogens is 5. The Hall–Kier alpha value is -10.2. The van der Waals surface area contributed by atoms with Gasteiger partial charge in [-0.1, -0.05) is 170 Å². The van der Waals surface area contributed by atoms with E-state index in [-0.39, 0.29) is 11.4 Å². The van der Waals surface area contributed by atoms with E-state index in [1.54, 1.807) is 6.07 Å². The molecule has 0 bridgehead atoms. The van der Waals surface area contributed by atoms with Crippen molar-refractivity contribution in [1.82, 2.24) is 23.3 Å². The van der Waals surface area contributed by atoms with Crippen molar-refractivity contribution < 1.29 is 13.2 Å². The van der Waals surface area contributed by atoms with Crippen molar-refractivity contribution in [2.45, 2.75) is 6.18 Å². The summed E-state index contributed by atoms with van der Waals surface area (Å²) in [4.78, 5) is 6.05. The average molecular weight is 983 g/mol. The minimum atomic E-state index is -4.65. The van der Waals surface area contributed by atoms with E-state index in [1.807, 2.05) is 95.6 Å². The van der Waals surface area contributed by atoms with Crippen molar-refractivity contribution in [3.8, 4) is 29.1 Å². The molecule has 11 aromatic carbocycles. The van der Waals surface area contributed by atoms with Gasteiger partial charge in [0.15, 0.2) is 11.6 Å². The lowest BCUT2D eigenvalue weighted by Gasteiger charge is -2.24. The summed E-state index contributed by atoms with van der Waals surface area (Å²) < 4.78 is 53.8. The fourth-order valence-electron chi connectivity index (χ4n) is 12.7. The largest absolute Gasteiger partial charge is 0.416 e. The Kier molecular flexibility index (Phi) is 8.60. The third-order valence-electron chi connectivity index (χ3n) is 15.8. The third kappa shape index (κ3) is 5.67. The van der Waals surface area contributed by atoms with E-state index in [9.17, 15) is 5.26 Å². The van der Waals surface area contributed by atoms with Gasteiger partial charge in [0, 0.05) is 43.1 Å². The number of rotatable bonds is 4. The molecule has 0 unspecified atom stereocenters. The minimum Gasteiger partial charge on any atom is -0.305 e. The van der Waals surface area contributed by atoms with Crippen molar-refractivity contribution in [1.29, 1.82) is 5.26 Å². The van der Waals surface area contributed by atoms with Crippen LogP contribution in [0.25, 0.3) is 143 Å². The van der Waals surface area contributed by atoms with Gasteiger partial charge in [0.1, 0.15) is 23.0 Å². The minimum absolute atomic E-state index is 0.274. The van der Waals surface area contributed by atoms with Crippen LogP contribution in [0.1, 0.15) is 11.1 Å². The lowest BCUT2D eigenvalue weighted by atomic mass is 10.0. The molecule has 0 saturated carbocycles. The lowest BCUT2D eigenvalue weighted by Crippen LogP contribution is -2.16. The Morgan fingerprint density at radius 2 is 0.671 bits per heavy atom. The zero-order valence-electron chi connectivity index (χ0n) is 40.2. The van der Waals surface area contributed by atoms with Crippen molar-refractivity contribution in [2.75, 3.05) is 0 Å². The number of pyridine rings is 1. The first-order valence-corrected chi connectivity index (χ1v) is 25.2. The summed E-state index contributed by atoms with van der Waals surface area (Å²) in [6, 6.07) is 76.8. The van der Waals surface area contributed by atoms with Gasteiger partial charge >= 0.3 is 6.18 Å². The molecule has 0 atom stereocenters. The summed E-state index contributed by atoms with van der Waals surface area (Å²) in [5.74, 6) is 0.714. The van der Waals surface area contributed by atoms with Gasteiger partial charge in [-0.15, -0.1) is 0 Å². The molecule has 0 radical (unpaired) electrons. The predicted octanol–water partition coefficient (Wildman–Crippen LogP) is 17.8. The number of halogens is 3. The van der Waals surface area contributed by atoms with Crippen LogP contribution in [0.5, 0.6) is 0 Å². The molecular formula is C67H37F3N6. The van der Waals surface area contributed by atoms with Crippen molar-refractivity contribution in [2.24, 2.45) is 0 Å². The standard InChI is InChI=1S/C67H37F3N6/c68-67(69,70)42-32-33-47-46-21-7-11-25-52(46)76(59(47)37-42)66-64(74-54-27-13-9-23-49(54)61-44-19-5-2-16-40(44)30-35-57(61)74)51(38-71)63(73-53-26-12-8-22-48(53)60-43-18-4-1-15-39(43)29-34-56(60)73)65(72-66)75-55-28-14-10-24-50(55)62-45-20-6-3-17-41(45)31-36-58(62)75/h1-37H. The molecule has 0 spiro atoms. The summed E-state index contributed by atoms with van der Waals surface area (Å²) >= 11 is 0. The highest BCUT2D eigenvalue weighted by molar-refractivity contribution is 6.25. The average Bonchev–Trinajstić information content (AvgIpc) is 4.36. The SMILES string of the molecule is N#Cc1c(-n2c3ccccc3c3c4ccccc4ccc32)c(-n2c3ccccc3c3ccc(C(F)(F)F)cc32)nc(-n2c3ccccc3c3c4ccccc4ccc32)c1-n1c2ccccc2c2c3ccccc3ccc21. The Balaban J connectivity index is 1.21. The smallest absolute Gasteiger partial charge is 0.305 e. The van der Waals surface area contributed by atoms with Crippen molar-refractivity contribution >= 4 is 120 Å². The second-order valence-electron chi connectivity index (χ2n) is 19.6. The number of nitrogens with zero attached hydrogens (tertiary/aromatic N) is 6. The van der Waals surface area contributed by atoms with E-state index in [4.69, 9.17) is 4.98 Å². The van der Waals surface area contributed by atoms with E-state index < -0.39 is 11.7 Å². The maximum absolute atomic E-state index is 15.1. The van der Waals surface area contributed by atoms with E-state index in [2.05, 4.69) is 135 Å². The highest BCUT2D eigenvalue weighted by atomic mass is 19.4. The topological polar surface area (TPSA) is 56.4 Å². The van der Waals surface area contributed by atoms with Crippen LogP contribution in [0.4, 0.5) is 13.2 Å². The first-order valence-electron chi connectivity index (χ1n) is 25.2. The molecule has 76 heavy (non-hydrogen) atoms. The number of hydrogen-bond acceptors (Lipinski definition) is 2. The van der Waals surface area contributed by atoms with Crippen LogP contribution in [-0.2, 0) is 6.18 Å². The molecular weight excluding hydrogens is 946 g/mol. The zero-order chi connectivity index (χ0) is 50.6. The molecule has 0 aliphatic heterocycles. The Labute approximate surface area is 430 Å². The van der Waals surface area contributed by atoms with Gasteiger partial charge in [-0.05, 0) is 86.9 Å². The number of hydrogen-bond donors (Lipinski definition) is 0. The molecule has 0 aliphatic rings. The molecule has 0 fully saturated rings. The number of para-hydroxylation sites is 4. The van der Waals surface area contributed by atoms with E-state index in [0.29, 0.717) is 33.6 Å². The summed E-state index contributed by atoms with van der Waals surface area (Å²) in [6.45, 7) is 0. The summed E-state index contributed by atoms with van der Waals surface area (Å²) in [5, 5.41) is 26.3. The number of benzene rings is 11. The van der Waals surface area contributed by atoms with Crippen LogP contribution in [0, 0.1) is 11.3 Å². The van der Waals surface area contributed by atoms with Gasteiger partial charge in [0.25, 0.3) is 0 Å². The van der Waals surface area contributed by atoms with Crippen molar-refractivity contribution in [3.63, 3.8) is 0 Å². The Morgan fingerprint density at radius 3 is 1.11 bits per heavy atom. The Bertz CT molecular complexity index is 5250. The summed E-state index contributed by atoms with van der Waals surface area (Å²) in [7, 11) is 0. The Morgan fingerprint density at radius 1 is 0.329 bits per heavy atom. The quantitative estimate of drug-likeness (QED) is 0.176. The van der Waals surface area contributed by atoms with Gasteiger partial charge in [0.05, 0.1) is 49.7 Å². The molecule has 0 saturated heterocycles. The monoisotopic (exact) mass is 982 g/mol. The molecule has 16 aromatic rings. The molecule has 0 N–H and O–H groups in total. The van der Waals surface area contributed by atoms with Gasteiger partial charge in [-0.2, -0.15) is 18.4 Å². The van der Waals surface area contributed by atoms with Gasteiger partial charge < -0.3 is 9.13 Å². The highest BCUT2D eigenvalue weighted by Crippen LogP contribution is 2.48. The summed E-state index contributed by atoms with van der Waals surface area (Å²) in [5.41, 5.74) is 6.39. The van der Waals surface area contributed by atoms with Gasteiger partial charge in [0.2, 0.25) is 0 Å². The van der Waals surface area contributed by atoms with Gasteiger partial charge in [-0.25, -0.2) is 4.98 Å². The van der Waals surface area contributed by atoms with E-state index in [0.717, 1.165) is 109 Å². The third-order valence-corrected chi connectivity index (χ3v) is 15.8. The van der Waals surface area contributed by atoms with E-state index in [1.165, 1.54) is 6.07 Å². The van der Waals surface area contributed by atoms with Gasteiger partial charge in [-0.3, -0.25) is 9.13 Å². The fourth-order valence-corrected chi connectivity index (χ4v) is 12.7. The van der Waals surface area contributed by atoms with Crippen molar-refractivity contribution in [3.05, 3.63) is 236 Å². The molecule has 5 aromatic heterocycles. The molecule has 0 amide bonds. The van der Waals surface area contributed by atoms with Crippen LogP contribution in [0.15, 0.2) is 224 Å². The van der Waals surface area contributed by atoms with E-state index >= 15 is 13.2 Å². The number of nitriles is 1. The fraction of sp³-hybridized carbons (Fsp3) is 0.0149. The zero-order valence-corrected chi connectivity index (χ0v) is 40.2. The normalized spacial score (nSPS) is 12.4. The van der Waals surface area contributed by atoms with Crippen LogP contribution < -0.4 is 0 Å². The van der Waals surface area contributed by atoms with Crippen LogP contribution in [0.3, 0.4) is 0 Å². The summed E-state index contributed by atoms with van der Waals surface area (Å²) in [6.07, 6.45) is -4.65. The molecule has 5 heterocycles. The first kappa shape index (κ1) is 42.3. The molecule has 9 heteroatoms. The lowest BCUT2D eigenvalue weighted by molar-refractivity contribution is -0.137. The highest BCUT2D eigenvalue weighted by Gasteiger charge is 2.35. The predicted molar refractivity (Wildman–Crippen MR) is 304 cm³/mol. The molecule has 6 nitrogen and oxygen atoms in total. The van der Waals surface area contributed by atoms with Crippen LogP contribution >= 0.6 is 0 Å². The maximum atomic E-state index is 15.1. The molecule has 0 aliphatic carbocycles. The van der Waals surface area contributed by atoms with Crippen LogP contribution in [-0.4, -0.2) is 23.3 Å². The molecule has 356 valence electrons. The first-order chi connectivity index (χ1) is 37.4.